The van der Waals surface area contributed by atoms with Crippen molar-refractivity contribution < 1.29 is 19.3 Å². The summed E-state index contributed by atoms with van der Waals surface area (Å²) >= 11 is 0. The molecule has 9 nitrogen and oxygen atoms in total. The van der Waals surface area contributed by atoms with E-state index in [9.17, 15) is 24.5 Å². The van der Waals surface area contributed by atoms with Crippen LogP contribution < -0.4 is 15.5 Å². The van der Waals surface area contributed by atoms with Gasteiger partial charge in [-0.25, -0.2) is 4.79 Å². The molecule has 0 aromatic heterocycles. The molecule has 4 amide bonds. The maximum absolute atomic E-state index is 12.8. The molecule has 9 heteroatoms. The minimum absolute atomic E-state index is 0.0378. The first-order valence-electron chi connectivity index (χ1n) is 8.64. The number of urea groups is 1. The average Bonchev–Trinajstić information content (AvgIpc) is 2.85. The Hall–Kier alpha value is -2.97. The van der Waals surface area contributed by atoms with Crippen molar-refractivity contribution in [3.8, 4) is 0 Å². The Morgan fingerprint density at radius 3 is 2.54 bits per heavy atom. The molecule has 1 aromatic rings. The lowest BCUT2D eigenvalue weighted by Gasteiger charge is -2.49. The molecule has 0 bridgehead atoms. The zero-order chi connectivity index (χ0) is 18.5. The van der Waals surface area contributed by atoms with E-state index in [1.165, 1.54) is 12.1 Å². The zero-order valence-corrected chi connectivity index (χ0v) is 14.0. The summed E-state index contributed by atoms with van der Waals surface area (Å²) in [4.78, 5) is 49.9. The number of carbonyl (C=O) groups is 3. The van der Waals surface area contributed by atoms with Crippen molar-refractivity contribution in [1.82, 2.24) is 10.6 Å². The standard InChI is InChI=1S/C17H18N4O5/c22-14-17(15(23)19-16(24)18-14)9-10-8-11(21(25)26)5-6-12(10)20-7-3-1-2-4-13(17)20/h5-6,8,13H,1-4,7,9H2,(H2,18,19,22,23,24)/t13-/m0/s1. The molecule has 3 heterocycles. The molecular weight excluding hydrogens is 340 g/mol. The van der Waals surface area contributed by atoms with Crippen LogP contribution in [0, 0.1) is 15.5 Å². The minimum atomic E-state index is -1.46. The van der Waals surface area contributed by atoms with E-state index in [0.29, 0.717) is 18.5 Å². The molecule has 136 valence electrons. The highest BCUT2D eigenvalue weighted by Gasteiger charge is 2.59. The number of amides is 4. The summed E-state index contributed by atoms with van der Waals surface area (Å²) in [6.07, 6.45) is 3.44. The van der Waals surface area contributed by atoms with Crippen LogP contribution in [0.3, 0.4) is 0 Å². The Bertz CT molecular complexity index is 816. The number of carbonyl (C=O) groups excluding carboxylic acids is 3. The van der Waals surface area contributed by atoms with E-state index in [-0.39, 0.29) is 18.2 Å². The Morgan fingerprint density at radius 2 is 1.85 bits per heavy atom. The van der Waals surface area contributed by atoms with Crippen molar-refractivity contribution in [3.05, 3.63) is 33.9 Å². The molecular formula is C17H18N4O5. The molecule has 0 saturated carbocycles. The topological polar surface area (TPSA) is 122 Å². The van der Waals surface area contributed by atoms with E-state index in [0.717, 1.165) is 24.9 Å². The number of fused-ring (bicyclic) bond motifs is 4. The number of rotatable bonds is 1. The predicted molar refractivity (Wildman–Crippen MR) is 90.5 cm³/mol. The summed E-state index contributed by atoms with van der Waals surface area (Å²) in [5.41, 5.74) is -0.136. The lowest BCUT2D eigenvalue weighted by molar-refractivity contribution is -0.384. The molecule has 2 fully saturated rings. The number of anilines is 1. The number of nitrogens with zero attached hydrogens (tertiary/aromatic N) is 2. The van der Waals surface area contributed by atoms with E-state index in [1.54, 1.807) is 6.07 Å². The number of barbiturate groups is 1. The maximum atomic E-state index is 12.8. The van der Waals surface area contributed by atoms with Gasteiger partial charge < -0.3 is 4.90 Å². The van der Waals surface area contributed by atoms with Gasteiger partial charge in [0.25, 0.3) is 5.69 Å². The van der Waals surface area contributed by atoms with Crippen molar-refractivity contribution in [2.24, 2.45) is 5.41 Å². The van der Waals surface area contributed by atoms with Gasteiger partial charge in [0.2, 0.25) is 11.8 Å². The number of hydrogen-bond acceptors (Lipinski definition) is 6. The molecule has 1 aromatic carbocycles. The summed E-state index contributed by atoms with van der Waals surface area (Å²) in [5, 5.41) is 15.6. The molecule has 0 aliphatic carbocycles. The number of nitro groups is 1. The first kappa shape index (κ1) is 16.5. The summed E-state index contributed by atoms with van der Waals surface area (Å²) < 4.78 is 0. The van der Waals surface area contributed by atoms with E-state index in [4.69, 9.17) is 0 Å². The van der Waals surface area contributed by atoms with Crippen LogP contribution in [0.4, 0.5) is 16.2 Å². The molecule has 3 aliphatic heterocycles. The van der Waals surface area contributed by atoms with Crippen LogP contribution in [-0.4, -0.2) is 35.4 Å². The van der Waals surface area contributed by atoms with Crippen LogP contribution in [0.2, 0.25) is 0 Å². The fraction of sp³-hybridized carbons (Fsp3) is 0.471. The normalized spacial score (nSPS) is 24.2. The third-order valence-corrected chi connectivity index (χ3v) is 5.64. The fourth-order valence-electron chi connectivity index (χ4n) is 4.46. The van der Waals surface area contributed by atoms with E-state index in [1.807, 2.05) is 4.90 Å². The molecule has 2 saturated heterocycles. The molecule has 26 heavy (non-hydrogen) atoms. The second kappa shape index (κ2) is 5.79. The average molecular weight is 358 g/mol. The predicted octanol–water partition coefficient (Wildman–Crippen LogP) is 1.25. The lowest BCUT2D eigenvalue weighted by atomic mass is 9.67. The van der Waals surface area contributed by atoms with Gasteiger partial charge in [-0.05, 0) is 24.5 Å². The van der Waals surface area contributed by atoms with Crippen molar-refractivity contribution in [2.75, 3.05) is 11.4 Å². The van der Waals surface area contributed by atoms with Gasteiger partial charge in [0.1, 0.15) is 0 Å². The molecule has 3 aliphatic rings. The molecule has 2 N–H and O–H groups in total. The highest BCUT2D eigenvalue weighted by Crippen LogP contribution is 2.46. The van der Waals surface area contributed by atoms with Gasteiger partial charge in [-0.2, -0.15) is 0 Å². The Kier molecular flexibility index (Phi) is 3.67. The second-order valence-electron chi connectivity index (χ2n) is 7.01. The van der Waals surface area contributed by atoms with Gasteiger partial charge in [0, 0.05) is 30.8 Å². The van der Waals surface area contributed by atoms with Gasteiger partial charge in [-0.3, -0.25) is 30.3 Å². The Morgan fingerprint density at radius 1 is 1.12 bits per heavy atom. The summed E-state index contributed by atoms with van der Waals surface area (Å²) in [6.45, 7) is 0.658. The first-order chi connectivity index (χ1) is 12.4. The van der Waals surface area contributed by atoms with Crippen LogP contribution in [-0.2, 0) is 16.0 Å². The molecule has 4 rings (SSSR count). The second-order valence-corrected chi connectivity index (χ2v) is 7.01. The maximum Gasteiger partial charge on any atom is 0.328 e. The number of benzene rings is 1. The van der Waals surface area contributed by atoms with Crippen molar-refractivity contribution in [1.29, 1.82) is 0 Å². The number of nitro benzene ring substituents is 1. The number of hydrogen-bond donors (Lipinski definition) is 2. The molecule has 0 unspecified atom stereocenters. The minimum Gasteiger partial charge on any atom is -0.367 e. The molecule has 1 spiro atoms. The van der Waals surface area contributed by atoms with E-state index in [2.05, 4.69) is 10.6 Å². The van der Waals surface area contributed by atoms with Gasteiger partial charge in [-0.1, -0.05) is 12.8 Å². The number of non-ortho nitro benzene ring substituents is 1. The molecule has 0 radical (unpaired) electrons. The Labute approximate surface area is 148 Å². The van der Waals surface area contributed by atoms with Crippen LogP contribution in [0.15, 0.2) is 18.2 Å². The number of imide groups is 2. The van der Waals surface area contributed by atoms with Crippen LogP contribution >= 0.6 is 0 Å². The quantitative estimate of drug-likeness (QED) is 0.443. The van der Waals surface area contributed by atoms with Crippen molar-refractivity contribution in [2.45, 2.75) is 38.1 Å². The number of nitrogens with one attached hydrogen (secondary N) is 2. The SMILES string of the molecule is O=C1NC(=O)C2(Cc3cc([N+](=O)[O-])ccc3N3CCCCC[C@H]32)C(=O)N1. The first-order valence-corrected chi connectivity index (χ1v) is 8.64. The van der Waals surface area contributed by atoms with E-state index >= 15 is 0 Å². The van der Waals surface area contributed by atoms with Crippen LogP contribution in [0.5, 0.6) is 0 Å². The monoisotopic (exact) mass is 358 g/mol. The third-order valence-electron chi connectivity index (χ3n) is 5.64. The fourth-order valence-corrected chi connectivity index (χ4v) is 4.46. The summed E-state index contributed by atoms with van der Waals surface area (Å²) in [5.74, 6) is -1.25. The highest BCUT2D eigenvalue weighted by molar-refractivity contribution is 6.20. The third kappa shape index (κ3) is 2.27. The van der Waals surface area contributed by atoms with Crippen LogP contribution in [0.1, 0.15) is 31.2 Å². The van der Waals surface area contributed by atoms with Crippen molar-refractivity contribution >= 4 is 29.2 Å². The smallest absolute Gasteiger partial charge is 0.328 e. The van der Waals surface area contributed by atoms with Gasteiger partial charge >= 0.3 is 6.03 Å². The van der Waals surface area contributed by atoms with E-state index < -0.39 is 28.2 Å². The molecule has 1 atom stereocenters. The lowest BCUT2D eigenvalue weighted by Crippen LogP contribution is -2.71. The van der Waals surface area contributed by atoms with Gasteiger partial charge in [-0.15, -0.1) is 0 Å². The van der Waals surface area contributed by atoms with Crippen molar-refractivity contribution in [3.63, 3.8) is 0 Å². The Balaban J connectivity index is 1.89. The zero-order valence-electron chi connectivity index (χ0n) is 14.0. The largest absolute Gasteiger partial charge is 0.367 e. The summed E-state index contributed by atoms with van der Waals surface area (Å²) in [7, 11) is 0. The van der Waals surface area contributed by atoms with Crippen LogP contribution in [0.25, 0.3) is 0 Å². The highest BCUT2D eigenvalue weighted by atomic mass is 16.6. The van der Waals surface area contributed by atoms with Gasteiger partial charge in [0.05, 0.1) is 11.0 Å². The summed E-state index contributed by atoms with van der Waals surface area (Å²) in [6, 6.07) is 3.36. The van der Waals surface area contributed by atoms with Gasteiger partial charge in [0.15, 0.2) is 5.41 Å².